The summed E-state index contributed by atoms with van der Waals surface area (Å²) in [4.78, 5) is 21.6. The molecule has 7 heteroatoms. The number of fused-ring (bicyclic) bond motifs is 2. The topological polar surface area (TPSA) is 59.3 Å². The number of carbonyl (C=O) groups excluding carboxylic acids is 1. The number of hydrogen-bond donors (Lipinski definition) is 1. The van der Waals surface area contributed by atoms with E-state index in [0.717, 1.165) is 10.2 Å². The number of pyridine rings is 1. The predicted octanol–water partition coefficient (Wildman–Crippen LogP) is 5.12. The summed E-state index contributed by atoms with van der Waals surface area (Å²) in [6.07, 6.45) is 1.72. The molecule has 1 amide bonds. The van der Waals surface area contributed by atoms with Gasteiger partial charge in [-0.2, -0.15) is 0 Å². The van der Waals surface area contributed by atoms with Crippen molar-refractivity contribution in [2.24, 2.45) is 5.41 Å². The van der Waals surface area contributed by atoms with Crippen molar-refractivity contribution >= 4 is 38.9 Å². The molecule has 4 rings (SSSR count). The first-order valence-electron chi connectivity index (χ1n) is 8.64. The summed E-state index contributed by atoms with van der Waals surface area (Å²) >= 11 is 1.48. The van der Waals surface area contributed by atoms with Gasteiger partial charge in [-0.3, -0.25) is 9.20 Å². The molecule has 0 bridgehead atoms. The Morgan fingerprint density at radius 1 is 1.19 bits per heavy atom. The van der Waals surface area contributed by atoms with Crippen LogP contribution in [0.4, 0.5) is 10.2 Å². The van der Waals surface area contributed by atoms with E-state index >= 15 is 0 Å². The Morgan fingerprint density at radius 3 is 2.70 bits per heavy atom. The Bertz CT molecular complexity index is 1120. The number of carbonyl (C=O) groups is 1. The summed E-state index contributed by atoms with van der Waals surface area (Å²) < 4.78 is 16.5. The molecule has 4 aromatic rings. The number of imidazole rings is 1. The molecule has 3 heterocycles. The van der Waals surface area contributed by atoms with Gasteiger partial charge in [0.2, 0.25) is 5.91 Å². The van der Waals surface area contributed by atoms with Gasteiger partial charge >= 0.3 is 0 Å². The minimum Gasteiger partial charge on any atom is -0.309 e. The summed E-state index contributed by atoms with van der Waals surface area (Å²) in [7, 11) is 0. The van der Waals surface area contributed by atoms with Crippen LogP contribution in [0.3, 0.4) is 0 Å². The van der Waals surface area contributed by atoms with E-state index in [0.29, 0.717) is 28.6 Å². The first-order chi connectivity index (χ1) is 12.8. The van der Waals surface area contributed by atoms with Crippen LogP contribution in [-0.2, 0) is 4.79 Å². The van der Waals surface area contributed by atoms with Crippen molar-refractivity contribution in [3.05, 3.63) is 48.4 Å². The summed E-state index contributed by atoms with van der Waals surface area (Å²) in [6, 6.07) is 10.7. The number of nitrogens with one attached hydrogen (secondary N) is 1. The van der Waals surface area contributed by atoms with E-state index in [9.17, 15) is 9.18 Å². The number of para-hydroxylation sites is 1. The molecule has 1 N–H and O–H groups in total. The molecule has 0 saturated heterocycles. The van der Waals surface area contributed by atoms with Crippen molar-refractivity contribution in [1.29, 1.82) is 0 Å². The van der Waals surface area contributed by atoms with Gasteiger partial charge in [0.25, 0.3) is 0 Å². The minimum absolute atomic E-state index is 0.131. The van der Waals surface area contributed by atoms with E-state index in [-0.39, 0.29) is 17.1 Å². The molecule has 0 spiro atoms. The zero-order valence-corrected chi connectivity index (χ0v) is 16.1. The summed E-state index contributed by atoms with van der Waals surface area (Å²) in [5, 5.41) is 3.57. The van der Waals surface area contributed by atoms with Gasteiger partial charge in [0.15, 0.2) is 5.82 Å². The van der Waals surface area contributed by atoms with Crippen LogP contribution in [0.1, 0.15) is 27.2 Å². The van der Waals surface area contributed by atoms with Gasteiger partial charge in [0.05, 0.1) is 10.2 Å². The minimum atomic E-state index is -0.380. The molecule has 27 heavy (non-hydrogen) atoms. The molecule has 0 fully saturated rings. The number of hydrogen-bond acceptors (Lipinski definition) is 4. The fourth-order valence-corrected chi connectivity index (χ4v) is 3.95. The molecular formula is C20H19FN4OS. The third kappa shape index (κ3) is 3.55. The first-order valence-corrected chi connectivity index (χ1v) is 9.45. The number of aromatic nitrogens is 3. The van der Waals surface area contributed by atoms with Crippen molar-refractivity contribution in [1.82, 2.24) is 14.4 Å². The zero-order valence-electron chi connectivity index (χ0n) is 15.3. The highest BCUT2D eigenvalue weighted by atomic mass is 32.1. The molecule has 0 aliphatic rings. The molecule has 0 aliphatic heterocycles. The average molecular weight is 382 g/mol. The normalized spacial score (nSPS) is 12.0. The lowest BCUT2D eigenvalue weighted by molar-refractivity contribution is -0.117. The molecule has 0 atom stereocenters. The van der Waals surface area contributed by atoms with Gasteiger partial charge in [0, 0.05) is 12.6 Å². The van der Waals surface area contributed by atoms with Crippen molar-refractivity contribution in [3.8, 4) is 10.7 Å². The number of nitrogens with zero attached hydrogens (tertiary/aromatic N) is 3. The second kappa shape index (κ2) is 6.42. The quantitative estimate of drug-likeness (QED) is 0.535. The van der Waals surface area contributed by atoms with Crippen molar-refractivity contribution < 1.29 is 9.18 Å². The molecule has 0 radical (unpaired) electrons. The van der Waals surface area contributed by atoms with Crippen LogP contribution in [0, 0.1) is 11.2 Å². The molecule has 138 valence electrons. The Hall–Kier alpha value is -2.80. The van der Waals surface area contributed by atoms with Gasteiger partial charge < -0.3 is 5.32 Å². The molecule has 0 unspecified atom stereocenters. The largest absolute Gasteiger partial charge is 0.309 e. The number of rotatable bonds is 3. The van der Waals surface area contributed by atoms with Crippen molar-refractivity contribution in [3.63, 3.8) is 0 Å². The van der Waals surface area contributed by atoms with Crippen LogP contribution in [0.25, 0.3) is 26.6 Å². The van der Waals surface area contributed by atoms with Gasteiger partial charge in [-0.25, -0.2) is 14.4 Å². The van der Waals surface area contributed by atoms with E-state index in [1.165, 1.54) is 23.6 Å². The Labute approximate surface area is 159 Å². The summed E-state index contributed by atoms with van der Waals surface area (Å²) in [5.74, 6) is -0.113. The lowest BCUT2D eigenvalue weighted by atomic mass is 9.92. The second-order valence-electron chi connectivity index (χ2n) is 7.66. The van der Waals surface area contributed by atoms with Crippen LogP contribution in [0.15, 0.2) is 42.6 Å². The van der Waals surface area contributed by atoms with E-state index in [4.69, 9.17) is 0 Å². The standard InChI is InChI=1S/C20H19FN4OS/c1-20(2,3)10-16(26)24-18-17(25-11-12(21)8-9-15(25)23-18)19-22-13-6-4-5-7-14(13)27-19/h4-9,11H,10H2,1-3H3,(H,24,26). The van der Waals surface area contributed by atoms with E-state index in [2.05, 4.69) is 15.3 Å². The van der Waals surface area contributed by atoms with E-state index < -0.39 is 0 Å². The number of amides is 1. The van der Waals surface area contributed by atoms with Crippen LogP contribution in [0.5, 0.6) is 0 Å². The summed E-state index contributed by atoms with van der Waals surface area (Å²) in [6.45, 7) is 6.00. The number of benzene rings is 1. The molecule has 0 aliphatic carbocycles. The van der Waals surface area contributed by atoms with E-state index in [1.54, 1.807) is 10.5 Å². The molecule has 5 nitrogen and oxygen atoms in total. The first kappa shape index (κ1) is 17.6. The van der Waals surface area contributed by atoms with Gasteiger partial charge in [0.1, 0.15) is 22.2 Å². The highest BCUT2D eigenvalue weighted by Gasteiger charge is 2.22. The lowest BCUT2D eigenvalue weighted by Gasteiger charge is -2.16. The number of anilines is 1. The molecular weight excluding hydrogens is 363 g/mol. The lowest BCUT2D eigenvalue weighted by Crippen LogP contribution is -2.20. The smallest absolute Gasteiger partial charge is 0.226 e. The molecule has 3 aromatic heterocycles. The third-order valence-corrected chi connectivity index (χ3v) is 5.07. The molecule has 1 aromatic carbocycles. The fraction of sp³-hybridized carbons (Fsp3) is 0.250. The van der Waals surface area contributed by atoms with Crippen LogP contribution >= 0.6 is 11.3 Å². The van der Waals surface area contributed by atoms with Gasteiger partial charge in [-0.05, 0) is 29.7 Å². The Morgan fingerprint density at radius 2 is 1.96 bits per heavy atom. The maximum absolute atomic E-state index is 13.9. The highest BCUT2D eigenvalue weighted by Crippen LogP contribution is 2.35. The maximum Gasteiger partial charge on any atom is 0.226 e. The van der Waals surface area contributed by atoms with Gasteiger partial charge in [-0.1, -0.05) is 32.9 Å². The van der Waals surface area contributed by atoms with Crippen molar-refractivity contribution in [2.45, 2.75) is 27.2 Å². The Kier molecular flexibility index (Phi) is 4.19. The Balaban J connectivity index is 1.86. The highest BCUT2D eigenvalue weighted by molar-refractivity contribution is 7.21. The summed E-state index contributed by atoms with van der Waals surface area (Å²) in [5.41, 5.74) is 1.85. The molecule has 0 saturated carbocycles. The monoisotopic (exact) mass is 382 g/mol. The third-order valence-electron chi connectivity index (χ3n) is 4.03. The van der Waals surface area contributed by atoms with Crippen LogP contribution < -0.4 is 5.32 Å². The van der Waals surface area contributed by atoms with Crippen molar-refractivity contribution in [2.75, 3.05) is 5.32 Å². The second-order valence-corrected chi connectivity index (χ2v) is 8.69. The fourth-order valence-electron chi connectivity index (χ4n) is 2.94. The van der Waals surface area contributed by atoms with Gasteiger partial charge in [-0.15, -0.1) is 11.3 Å². The average Bonchev–Trinajstić information content (AvgIpc) is 3.12. The SMILES string of the molecule is CC(C)(C)CC(=O)Nc1nc2ccc(F)cn2c1-c1nc2ccccc2s1. The maximum atomic E-state index is 13.9. The van der Waals surface area contributed by atoms with Crippen LogP contribution in [0.2, 0.25) is 0 Å². The van der Waals surface area contributed by atoms with Crippen LogP contribution in [-0.4, -0.2) is 20.3 Å². The zero-order chi connectivity index (χ0) is 19.2. The predicted molar refractivity (Wildman–Crippen MR) is 106 cm³/mol. The number of halogens is 1. The van der Waals surface area contributed by atoms with E-state index in [1.807, 2.05) is 45.0 Å². The number of thiazole rings is 1.